The van der Waals surface area contributed by atoms with Crippen molar-refractivity contribution in [2.24, 2.45) is 0 Å². The van der Waals surface area contributed by atoms with E-state index in [-0.39, 0.29) is 0 Å². The van der Waals surface area contributed by atoms with Gasteiger partial charge in [0.15, 0.2) is 16.9 Å². The van der Waals surface area contributed by atoms with E-state index in [9.17, 15) is 5.26 Å². The van der Waals surface area contributed by atoms with Gasteiger partial charge in [0, 0.05) is 17.8 Å². The summed E-state index contributed by atoms with van der Waals surface area (Å²) in [5.74, 6) is 1.31. The van der Waals surface area contributed by atoms with Gasteiger partial charge < -0.3 is 9.47 Å². The van der Waals surface area contributed by atoms with Gasteiger partial charge in [0.05, 0.1) is 19.7 Å². The summed E-state index contributed by atoms with van der Waals surface area (Å²) >= 11 is 0. The fourth-order valence-electron chi connectivity index (χ4n) is 3.46. The molecule has 2 aromatic heterocycles. The monoisotopic (exact) mass is 308 g/mol. The molecule has 6 heteroatoms. The number of rotatable bonds is 2. The minimum Gasteiger partial charge on any atom is -0.497 e. The lowest BCUT2D eigenvalue weighted by atomic mass is 9.95. The molecule has 0 saturated heterocycles. The summed E-state index contributed by atoms with van der Waals surface area (Å²) in [6.45, 7) is 0. The number of nitriles is 1. The van der Waals surface area contributed by atoms with Crippen molar-refractivity contribution in [3.8, 4) is 17.6 Å². The predicted octanol–water partition coefficient (Wildman–Crippen LogP) is 2.65. The third kappa shape index (κ3) is 1.86. The predicted molar refractivity (Wildman–Crippen MR) is 85.0 cm³/mol. The molecule has 0 radical (unpaired) electrons. The van der Waals surface area contributed by atoms with E-state index in [1.54, 1.807) is 20.3 Å². The minimum atomic E-state index is 0.616. The molecule has 2 heterocycles. The van der Waals surface area contributed by atoms with E-state index in [4.69, 9.17) is 9.47 Å². The van der Waals surface area contributed by atoms with Crippen LogP contribution in [0.4, 0.5) is 0 Å². The molecular weight excluding hydrogens is 292 g/mol. The van der Waals surface area contributed by atoms with Crippen molar-refractivity contribution >= 4 is 16.7 Å². The van der Waals surface area contributed by atoms with Crippen LogP contribution in [-0.2, 0) is 12.8 Å². The van der Waals surface area contributed by atoms with Crippen LogP contribution in [0.2, 0.25) is 0 Å². The van der Waals surface area contributed by atoms with E-state index in [1.165, 1.54) is 0 Å². The zero-order valence-electron chi connectivity index (χ0n) is 13.1. The summed E-state index contributed by atoms with van der Waals surface area (Å²) in [5.41, 5.74) is 5.10. The summed E-state index contributed by atoms with van der Waals surface area (Å²) in [6, 6.07) is 6.04. The number of aryl methyl sites for hydroxylation is 1. The maximum Gasteiger partial charge on any atom is 0.178 e. The highest BCUT2D eigenvalue weighted by molar-refractivity contribution is 5.86. The van der Waals surface area contributed by atoms with Crippen LogP contribution in [-0.4, -0.2) is 28.8 Å². The Bertz CT molecular complexity index is 969. The van der Waals surface area contributed by atoms with Crippen LogP contribution in [0.25, 0.3) is 16.7 Å². The molecule has 0 fully saturated rings. The number of nitrogens with zero attached hydrogens (tertiary/aromatic N) is 4. The van der Waals surface area contributed by atoms with E-state index < -0.39 is 0 Å². The van der Waals surface area contributed by atoms with Crippen molar-refractivity contribution < 1.29 is 9.47 Å². The first-order chi connectivity index (χ1) is 11.3. The first kappa shape index (κ1) is 13.8. The molecule has 0 aliphatic heterocycles. The Morgan fingerprint density at radius 3 is 2.70 bits per heavy atom. The van der Waals surface area contributed by atoms with Crippen molar-refractivity contribution in [2.45, 2.75) is 25.7 Å². The van der Waals surface area contributed by atoms with Crippen molar-refractivity contribution in [1.29, 1.82) is 5.26 Å². The summed E-state index contributed by atoms with van der Waals surface area (Å²) in [4.78, 5) is 0. The second-order valence-electron chi connectivity index (χ2n) is 5.68. The van der Waals surface area contributed by atoms with Gasteiger partial charge in [-0.25, -0.2) is 0 Å². The number of benzene rings is 1. The van der Waals surface area contributed by atoms with Gasteiger partial charge in [0.25, 0.3) is 0 Å². The lowest BCUT2D eigenvalue weighted by Crippen LogP contribution is -2.05. The van der Waals surface area contributed by atoms with E-state index in [0.29, 0.717) is 28.2 Å². The van der Waals surface area contributed by atoms with Gasteiger partial charge in [-0.1, -0.05) is 0 Å². The molecule has 4 rings (SSSR count). The fraction of sp³-hybridized carbons (Fsp3) is 0.353. The second kappa shape index (κ2) is 5.13. The van der Waals surface area contributed by atoms with Gasteiger partial charge in [0.2, 0.25) is 0 Å². The van der Waals surface area contributed by atoms with Gasteiger partial charge in [-0.15, -0.1) is 10.2 Å². The molecule has 0 atom stereocenters. The van der Waals surface area contributed by atoms with Gasteiger partial charge in [-0.05, 0) is 31.2 Å². The standard InChI is InChI=1S/C17H16N4O2/c1-22-10-7-14-16(15(8-10)23-2)19-20-17-12(9-18)11-5-3-4-6-13(11)21(14)17/h7-8H,3-6H2,1-2H3. The molecule has 3 aromatic rings. The number of hydrogen-bond acceptors (Lipinski definition) is 5. The quantitative estimate of drug-likeness (QED) is 0.727. The first-order valence-corrected chi connectivity index (χ1v) is 7.63. The minimum absolute atomic E-state index is 0.616. The number of fused-ring (bicyclic) bond motifs is 5. The zero-order valence-corrected chi connectivity index (χ0v) is 13.1. The molecule has 0 spiro atoms. The fourth-order valence-corrected chi connectivity index (χ4v) is 3.46. The maximum absolute atomic E-state index is 9.57. The lowest BCUT2D eigenvalue weighted by Gasteiger charge is -2.14. The highest BCUT2D eigenvalue weighted by Crippen LogP contribution is 2.35. The van der Waals surface area contributed by atoms with Crippen molar-refractivity contribution in [3.63, 3.8) is 0 Å². The normalized spacial score (nSPS) is 13.8. The van der Waals surface area contributed by atoms with Crippen LogP contribution >= 0.6 is 0 Å². The molecule has 6 nitrogen and oxygen atoms in total. The molecule has 0 unspecified atom stereocenters. The van der Waals surface area contributed by atoms with Gasteiger partial charge >= 0.3 is 0 Å². The third-order valence-corrected chi connectivity index (χ3v) is 4.53. The van der Waals surface area contributed by atoms with Crippen LogP contribution in [0.15, 0.2) is 12.1 Å². The number of hydrogen-bond donors (Lipinski definition) is 0. The average molecular weight is 308 g/mol. The van der Waals surface area contributed by atoms with Crippen LogP contribution in [0.5, 0.6) is 11.5 Å². The van der Waals surface area contributed by atoms with Crippen LogP contribution in [0.1, 0.15) is 29.7 Å². The summed E-state index contributed by atoms with van der Waals surface area (Å²) < 4.78 is 12.9. The van der Waals surface area contributed by atoms with Crippen LogP contribution in [0, 0.1) is 11.3 Å². The van der Waals surface area contributed by atoms with Crippen LogP contribution < -0.4 is 9.47 Å². The molecule has 0 saturated carbocycles. The molecule has 23 heavy (non-hydrogen) atoms. The highest BCUT2D eigenvalue weighted by atomic mass is 16.5. The van der Waals surface area contributed by atoms with E-state index in [1.807, 2.05) is 6.07 Å². The molecular formula is C17H16N4O2. The van der Waals surface area contributed by atoms with Crippen molar-refractivity contribution in [3.05, 3.63) is 29.0 Å². The van der Waals surface area contributed by atoms with Gasteiger partial charge in [-0.3, -0.25) is 4.40 Å². The summed E-state index contributed by atoms with van der Waals surface area (Å²) in [6.07, 6.45) is 4.09. The zero-order chi connectivity index (χ0) is 16.0. The number of methoxy groups -OCH3 is 2. The largest absolute Gasteiger partial charge is 0.497 e. The van der Waals surface area contributed by atoms with Gasteiger partial charge in [-0.2, -0.15) is 5.26 Å². The molecule has 0 bridgehead atoms. The Morgan fingerprint density at radius 1 is 1.13 bits per heavy atom. The molecule has 1 aromatic carbocycles. The second-order valence-corrected chi connectivity index (χ2v) is 5.68. The molecule has 0 N–H and O–H groups in total. The maximum atomic E-state index is 9.57. The molecule has 116 valence electrons. The van der Waals surface area contributed by atoms with E-state index in [0.717, 1.165) is 42.5 Å². The van der Waals surface area contributed by atoms with Crippen molar-refractivity contribution in [1.82, 2.24) is 14.6 Å². The number of ether oxygens (including phenoxy) is 2. The molecule has 1 aliphatic rings. The number of aromatic nitrogens is 3. The topological polar surface area (TPSA) is 72.4 Å². The summed E-state index contributed by atoms with van der Waals surface area (Å²) in [5, 5.41) is 18.2. The smallest absolute Gasteiger partial charge is 0.178 e. The Morgan fingerprint density at radius 2 is 1.96 bits per heavy atom. The average Bonchev–Trinajstić information content (AvgIpc) is 2.94. The Kier molecular flexibility index (Phi) is 3.08. The highest BCUT2D eigenvalue weighted by Gasteiger charge is 2.24. The van der Waals surface area contributed by atoms with Crippen LogP contribution in [0.3, 0.4) is 0 Å². The summed E-state index contributed by atoms with van der Waals surface area (Å²) in [7, 11) is 3.23. The van der Waals surface area contributed by atoms with Crippen molar-refractivity contribution in [2.75, 3.05) is 14.2 Å². The first-order valence-electron chi connectivity index (χ1n) is 7.63. The third-order valence-electron chi connectivity index (χ3n) is 4.53. The Balaban J connectivity index is 2.20. The van der Waals surface area contributed by atoms with Gasteiger partial charge in [0.1, 0.15) is 17.4 Å². The molecule has 0 amide bonds. The Hall–Kier alpha value is -2.81. The van der Waals surface area contributed by atoms with E-state index in [2.05, 4.69) is 20.7 Å². The van der Waals surface area contributed by atoms with E-state index >= 15 is 0 Å². The Labute approximate surface area is 133 Å². The SMILES string of the molecule is COc1cc(OC)c2nnc3c(C#N)c4c(n3c2c1)CCCC4. The lowest BCUT2D eigenvalue weighted by molar-refractivity contribution is 0.397. The molecule has 1 aliphatic carbocycles.